The van der Waals surface area contributed by atoms with Gasteiger partial charge in [-0.15, -0.1) is 0 Å². The number of carbonyl (C=O) groups is 1. The Hall–Kier alpha value is -1.76. The fraction of sp³-hybridized carbons (Fsp3) is 0. The molecule has 1 aromatic heterocycles. The van der Waals surface area contributed by atoms with Crippen LogP contribution in [0.15, 0.2) is 27.5 Å². The third-order valence-electron chi connectivity index (χ3n) is 1.13. The maximum atomic E-state index is 10.9. The van der Waals surface area contributed by atoms with Gasteiger partial charge in [-0.1, -0.05) is 11.8 Å². The number of carboxylic acid groups (broad SMARTS) is 1. The molecule has 0 aliphatic carbocycles. The molecule has 1 aromatic rings. The van der Waals surface area contributed by atoms with Crippen LogP contribution in [-0.4, -0.2) is 21.0 Å². The molecule has 0 bridgehead atoms. The standard InChI is InChI=1S/C7H7N3O3S/c8-4-3-5(11)10-7(9-4)14-2-1-6(12)13/h1-3H,(H,12,13)(H3,8,9,10,11). The molecule has 0 saturated carbocycles. The van der Waals surface area contributed by atoms with E-state index in [4.69, 9.17) is 10.8 Å². The minimum absolute atomic E-state index is 0.0972. The topological polar surface area (TPSA) is 109 Å². The highest BCUT2D eigenvalue weighted by atomic mass is 32.2. The van der Waals surface area contributed by atoms with E-state index in [0.717, 1.165) is 23.9 Å². The van der Waals surface area contributed by atoms with Crippen LogP contribution in [0.1, 0.15) is 0 Å². The van der Waals surface area contributed by atoms with Gasteiger partial charge in [0.15, 0.2) is 5.16 Å². The largest absolute Gasteiger partial charge is 0.478 e. The molecule has 4 N–H and O–H groups in total. The van der Waals surface area contributed by atoms with Crippen molar-refractivity contribution in [2.24, 2.45) is 0 Å². The molecule has 0 radical (unpaired) electrons. The first-order chi connectivity index (χ1) is 6.58. The predicted octanol–water partition coefficient (Wildman–Crippen LogP) is 0.0425. The lowest BCUT2D eigenvalue weighted by Gasteiger charge is -1.95. The minimum Gasteiger partial charge on any atom is -0.478 e. The number of aliphatic carboxylic acids is 1. The first-order valence-electron chi connectivity index (χ1n) is 3.51. The van der Waals surface area contributed by atoms with E-state index in [-0.39, 0.29) is 16.5 Å². The lowest BCUT2D eigenvalue weighted by Crippen LogP contribution is -2.08. The van der Waals surface area contributed by atoms with Gasteiger partial charge >= 0.3 is 5.97 Å². The summed E-state index contributed by atoms with van der Waals surface area (Å²) in [7, 11) is 0. The Morgan fingerprint density at radius 1 is 1.71 bits per heavy atom. The van der Waals surface area contributed by atoms with Crippen molar-refractivity contribution in [1.29, 1.82) is 0 Å². The highest BCUT2D eigenvalue weighted by Gasteiger charge is 1.96. The van der Waals surface area contributed by atoms with Gasteiger partial charge in [0.25, 0.3) is 5.56 Å². The van der Waals surface area contributed by atoms with Crippen LogP contribution in [0, 0.1) is 0 Å². The Bertz CT molecular complexity index is 426. The van der Waals surface area contributed by atoms with Crippen LogP contribution < -0.4 is 11.3 Å². The molecule has 0 amide bonds. The van der Waals surface area contributed by atoms with E-state index in [1.807, 2.05) is 0 Å². The molecule has 0 aliphatic rings. The van der Waals surface area contributed by atoms with Crippen LogP contribution in [0.5, 0.6) is 0 Å². The number of aromatic amines is 1. The number of nitrogens with two attached hydrogens (primary N) is 1. The Balaban J connectivity index is 2.77. The molecule has 0 atom stereocenters. The van der Waals surface area contributed by atoms with Crippen molar-refractivity contribution in [2.75, 3.05) is 5.73 Å². The summed E-state index contributed by atoms with van der Waals surface area (Å²) in [5.74, 6) is -0.969. The lowest BCUT2D eigenvalue weighted by molar-refractivity contribution is -0.131. The normalized spacial score (nSPS) is 10.6. The first kappa shape index (κ1) is 10.3. The number of nitrogens with one attached hydrogen (secondary N) is 1. The van der Waals surface area contributed by atoms with Crippen molar-refractivity contribution in [1.82, 2.24) is 9.97 Å². The summed E-state index contributed by atoms with van der Waals surface area (Å²) >= 11 is 0.969. The van der Waals surface area contributed by atoms with Crippen molar-refractivity contribution in [3.8, 4) is 0 Å². The fourth-order valence-corrected chi connectivity index (χ4v) is 1.30. The molecule has 0 unspecified atom stereocenters. The molecule has 74 valence electrons. The van der Waals surface area contributed by atoms with E-state index < -0.39 is 5.97 Å². The Kier molecular flexibility index (Phi) is 3.29. The number of thioether (sulfide) groups is 1. The molecule has 0 fully saturated rings. The van der Waals surface area contributed by atoms with Crippen LogP contribution >= 0.6 is 11.8 Å². The number of nitrogens with zero attached hydrogens (tertiary/aromatic N) is 1. The lowest BCUT2D eigenvalue weighted by atomic mass is 10.6. The maximum Gasteiger partial charge on any atom is 0.328 e. The zero-order valence-corrected chi connectivity index (χ0v) is 7.75. The third kappa shape index (κ3) is 3.31. The molecule has 0 aromatic carbocycles. The number of carboxylic acids is 1. The second kappa shape index (κ2) is 4.47. The summed E-state index contributed by atoms with van der Waals surface area (Å²) in [5, 5.41) is 9.83. The Morgan fingerprint density at radius 3 is 3.00 bits per heavy atom. The maximum absolute atomic E-state index is 10.9. The molecule has 6 nitrogen and oxygen atoms in total. The molecule has 1 heterocycles. The number of nitrogen functional groups attached to an aromatic ring is 1. The molecule has 0 aliphatic heterocycles. The number of hydrogen-bond acceptors (Lipinski definition) is 5. The highest BCUT2D eigenvalue weighted by molar-refractivity contribution is 8.02. The Labute approximate surface area is 82.9 Å². The van der Waals surface area contributed by atoms with Crippen LogP contribution in [0.25, 0.3) is 0 Å². The molecular weight excluding hydrogens is 206 g/mol. The number of anilines is 1. The van der Waals surface area contributed by atoms with Gasteiger partial charge in [0.05, 0.1) is 0 Å². The van der Waals surface area contributed by atoms with E-state index in [1.165, 1.54) is 5.41 Å². The van der Waals surface area contributed by atoms with Gasteiger partial charge in [-0.3, -0.25) is 4.79 Å². The fourth-order valence-electron chi connectivity index (χ4n) is 0.666. The molecular formula is C7H7N3O3S. The van der Waals surface area contributed by atoms with Crippen molar-refractivity contribution in [2.45, 2.75) is 5.16 Å². The zero-order valence-electron chi connectivity index (χ0n) is 6.93. The van der Waals surface area contributed by atoms with Crippen molar-refractivity contribution >= 4 is 23.5 Å². The van der Waals surface area contributed by atoms with Gasteiger partial charge in [0.1, 0.15) is 5.82 Å². The van der Waals surface area contributed by atoms with Gasteiger partial charge in [-0.25, -0.2) is 9.78 Å². The number of rotatable bonds is 3. The summed E-state index contributed by atoms with van der Waals surface area (Å²) in [4.78, 5) is 27.2. The summed E-state index contributed by atoms with van der Waals surface area (Å²) in [5.41, 5.74) is 4.93. The quantitative estimate of drug-likeness (QED) is 0.371. The van der Waals surface area contributed by atoms with Crippen LogP contribution in [0.4, 0.5) is 5.82 Å². The van der Waals surface area contributed by atoms with E-state index in [1.54, 1.807) is 0 Å². The molecule has 0 spiro atoms. The Morgan fingerprint density at radius 2 is 2.43 bits per heavy atom. The van der Waals surface area contributed by atoms with Crippen LogP contribution in [0.3, 0.4) is 0 Å². The summed E-state index contributed by atoms with van der Waals surface area (Å²) in [6, 6.07) is 1.14. The SMILES string of the molecule is Nc1cc(=O)[nH]c(SC=CC(=O)O)n1. The first-order valence-corrected chi connectivity index (χ1v) is 4.39. The van der Waals surface area contributed by atoms with Crippen molar-refractivity contribution < 1.29 is 9.90 Å². The van der Waals surface area contributed by atoms with Crippen molar-refractivity contribution in [3.63, 3.8) is 0 Å². The third-order valence-corrected chi connectivity index (χ3v) is 1.82. The number of aromatic nitrogens is 2. The average molecular weight is 213 g/mol. The smallest absolute Gasteiger partial charge is 0.328 e. The van der Waals surface area contributed by atoms with Gasteiger partial charge < -0.3 is 15.8 Å². The van der Waals surface area contributed by atoms with Gasteiger partial charge in [0.2, 0.25) is 0 Å². The summed E-state index contributed by atoms with van der Waals surface area (Å²) in [6.07, 6.45) is 0.938. The van der Waals surface area contributed by atoms with Crippen LogP contribution in [-0.2, 0) is 4.79 Å². The number of H-pyrrole nitrogens is 1. The van der Waals surface area contributed by atoms with Crippen LogP contribution in [0.2, 0.25) is 0 Å². The van der Waals surface area contributed by atoms with E-state index in [0.29, 0.717) is 0 Å². The van der Waals surface area contributed by atoms with Crippen molar-refractivity contribution in [3.05, 3.63) is 27.9 Å². The molecule has 1 rings (SSSR count). The predicted molar refractivity (Wildman–Crippen MR) is 51.9 cm³/mol. The highest BCUT2D eigenvalue weighted by Crippen LogP contribution is 2.12. The van der Waals surface area contributed by atoms with E-state index >= 15 is 0 Å². The summed E-state index contributed by atoms with van der Waals surface area (Å²) < 4.78 is 0. The molecule has 0 saturated heterocycles. The second-order valence-corrected chi connectivity index (χ2v) is 3.13. The molecule has 7 heteroatoms. The van der Waals surface area contributed by atoms with E-state index in [2.05, 4.69) is 9.97 Å². The van der Waals surface area contributed by atoms with Gasteiger partial charge in [0, 0.05) is 12.1 Å². The average Bonchev–Trinajstić information content (AvgIpc) is 2.01. The van der Waals surface area contributed by atoms with E-state index in [9.17, 15) is 9.59 Å². The number of hydrogen-bond donors (Lipinski definition) is 3. The summed E-state index contributed by atoms with van der Waals surface area (Å²) in [6.45, 7) is 0. The second-order valence-electron chi connectivity index (χ2n) is 2.23. The minimum atomic E-state index is -1.07. The molecule has 14 heavy (non-hydrogen) atoms. The zero-order chi connectivity index (χ0) is 10.6. The monoisotopic (exact) mass is 213 g/mol. The van der Waals surface area contributed by atoms with Gasteiger partial charge in [-0.05, 0) is 5.41 Å². The van der Waals surface area contributed by atoms with Gasteiger partial charge in [-0.2, -0.15) is 0 Å².